The molecule has 1 aliphatic carbocycles. The summed E-state index contributed by atoms with van der Waals surface area (Å²) in [5, 5.41) is 10.2. The van der Waals surface area contributed by atoms with Crippen molar-refractivity contribution < 1.29 is 19.4 Å². The molecule has 0 amide bonds. The summed E-state index contributed by atoms with van der Waals surface area (Å²) in [6.45, 7) is 2.14. The molecule has 0 saturated heterocycles. The van der Waals surface area contributed by atoms with Crippen LogP contribution in [0.3, 0.4) is 0 Å². The summed E-state index contributed by atoms with van der Waals surface area (Å²) in [6, 6.07) is 0. The zero-order valence-electron chi connectivity index (χ0n) is 14.7. The molecular formula is C20H30O4. The first-order chi connectivity index (χ1) is 11.6. The Labute approximate surface area is 145 Å². The Balaban J connectivity index is 2.12. The molecule has 2 rings (SSSR count). The number of aliphatic hydroxyl groups excluding tert-OH is 1. The number of unbranched alkanes of at least 4 members (excludes halogenated alkanes) is 2. The second kappa shape index (κ2) is 9.77. The van der Waals surface area contributed by atoms with Gasteiger partial charge in [-0.2, -0.15) is 0 Å². The number of esters is 1. The van der Waals surface area contributed by atoms with Crippen LogP contribution in [-0.2, 0) is 14.3 Å². The van der Waals surface area contributed by atoms with Gasteiger partial charge in [0.25, 0.3) is 0 Å². The van der Waals surface area contributed by atoms with Gasteiger partial charge in [0.15, 0.2) is 0 Å². The highest BCUT2D eigenvalue weighted by Gasteiger charge is 2.39. The first-order valence-corrected chi connectivity index (χ1v) is 9.35. The van der Waals surface area contributed by atoms with Crippen LogP contribution in [0.4, 0.5) is 0 Å². The summed E-state index contributed by atoms with van der Waals surface area (Å²) in [7, 11) is 0. The molecule has 4 heteroatoms. The van der Waals surface area contributed by atoms with Gasteiger partial charge in [-0.1, -0.05) is 38.0 Å². The number of aliphatic hydroxyl groups is 1. The topological polar surface area (TPSA) is 63.6 Å². The fraction of sp³-hybridized carbons (Fsp3) is 0.700. The van der Waals surface area contributed by atoms with E-state index in [1.165, 1.54) is 0 Å². The number of cyclic esters (lactones) is 1. The second-order valence-electron chi connectivity index (χ2n) is 6.93. The van der Waals surface area contributed by atoms with Crippen LogP contribution in [0.25, 0.3) is 0 Å². The monoisotopic (exact) mass is 334 g/mol. The van der Waals surface area contributed by atoms with Crippen molar-refractivity contribution in [1.82, 2.24) is 0 Å². The molecule has 0 spiro atoms. The smallest absolute Gasteiger partial charge is 0.306 e. The van der Waals surface area contributed by atoms with Gasteiger partial charge in [-0.25, -0.2) is 0 Å². The Morgan fingerprint density at radius 2 is 2.04 bits per heavy atom. The first-order valence-electron chi connectivity index (χ1n) is 9.35. The van der Waals surface area contributed by atoms with Crippen LogP contribution in [0, 0.1) is 11.8 Å². The molecule has 4 atom stereocenters. The van der Waals surface area contributed by atoms with E-state index in [2.05, 4.69) is 6.92 Å². The number of fused-ring (bicyclic) bond motifs is 1. The summed E-state index contributed by atoms with van der Waals surface area (Å²) >= 11 is 0. The van der Waals surface area contributed by atoms with Gasteiger partial charge >= 0.3 is 5.97 Å². The summed E-state index contributed by atoms with van der Waals surface area (Å²) < 4.78 is 5.60. The average Bonchev–Trinajstić information content (AvgIpc) is 2.81. The van der Waals surface area contributed by atoms with E-state index >= 15 is 0 Å². The SMILES string of the molecule is CCCCC[C@H]1/C=C/C2[C@H](O)CC(=O)[C@@H]2C/C=C\CCCC(=O)O1. The van der Waals surface area contributed by atoms with Crippen LogP contribution in [-0.4, -0.2) is 29.1 Å². The van der Waals surface area contributed by atoms with E-state index in [1.807, 2.05) is 24.3 Å². The Kier molecular flexibility index (Phi) is 7.70. The van der Waals surface area contributed by atoms with Crippen LogP contribution in [0.15, 0.2) is 24.3 Å². The third-order valence-electron chi connectivity index (χ3n) is 4.96. The number of Topliss-reactive ketones (excluding diaryl/α,β-unsaturated/α-hetero) is 1. The summed E-state index contributed by atoms with van der Waals surface area (Å²) in [5.41, 5.74) is 0. The van der Waals surface area contributed by atoms with E-state index in [9.17, 15) is 14.7 Å². The lowest BCUT2D eigenvalue weighted by Crippen LogP contribution is -2.20. The Bertz CT molecular complexity index is 480. The van der Waals surface area contributed by atoms with E-state index in [0.29, 0.717) is 12.8 Å². The van der Waals surface area contributed by atoms with Crippen LogP contribution in [0.5, 0.6) is 0 Å². The molecule has 0 aromatic heterocycles. The molecule has 0 bridgehead atoms. The molecule has 1 N–H and O–H groups in total. The van der Waals surface area contributed by atoms with Gasteiger partial charge in [-0.05, 0) is 38.2 Å². The molecule has 134 valence electrons. The highest BCUT2D eigenvalue weighted by molar-refractivity contribution is 5.84. The van der Waals surface area contributed by atoms with Crippen molar-refractivity contribution >= 4 is 11.8 Å². The molecule has 1 aliphatic heterocycles. The Morgan fingerprint density at radius 1 is 1.21 bits per heavy atom. The average molecular weight is 334 g/mol. The molecule has 1 saturated carbocycles. The lowest BCUT2D eigenvalue weighted by molar-refractivity contribution is -0.147. The van der Waals surface area contributed by atoms with E-state index in [-0.39, 0.29) is 36.1 Å². The van der Waals surface area contributed by atoms with Crippen molar-refractivity contribution in [2.24, 2.45) is 11.8 Å². The minimum atomic E-state index is -0.621. The third-order valence-corrected chi connectivity index (χ3v) is 4.96. The largest absolute Gasteiger partial charge is 0.458 e. The molecule has 24 heavy (non-hydrogen) atoms. The van der Waals surface area contributed by atoms with Gasteiger partial charge < -0.3 is 9.84 Å². The van der Waals surface area contributed by atoms with Gasteiger partial charge in [-0.15, -0.1) is 0 Å². The summed E-state index contributed by atoms with van der Waals surface area (Å²) in [4.78, 5) is 24.1. The first kappa shape index (κ1) is 18.9. The van der Waals surface area contributed by atoms with Crippen molar-refractivity contribution in [3.05, 3.63) is 24.3 Å². The normalized spacial score (nSPS) is 34.4. The maximum atomic E-state index is 12.1. The number of carbonyl (C=O) groups is 2. The quantitative estimate of drug-likeness (QED) is 0.483. The lowest BCUT2D eigenvalue weighted by Gasteiger charge is -2.18. The molecule has 1 heterocycles. The van der Waals surface area contributed by atoms with Gasteiger partial charge in [0, 0.05) is 24.7 Å². The number of allylic oxidation sites excluding steroid dienone is 2. The predicted octanol–water partition coefficient (Wildman–Crippen LogP) is 3.73. The fourth-order valence-electron chi connectivity index (χ4n) is 3.52. The van der Waals surface area contributed by atoms with E-state index < -0.39 is 6.10 Å². The summed E-state index contributed by atoms with van der Waals surface area (Å²) in [5.74, 6) is -0.347. The number of carbonyl (C=O) groups excluding carboxylic acids is 2. The predicted molar refractivity (Wildman–Crippen MR) is 93.4 cm³/mol. The number of ketones is 1. The van der Waals surface area contributed by atoms with E-state index in [0.717, 1.165) is 38.5 Å². The van der Waals surface area contributed by atoms with Crippen molar-refractivity contribution in [1.29, 1.82) is 0 Å². The zero-order valence-corrected chi connectivity index (χ0v) is 14.7. The third kappa shape index (κ3) is 5.59. The molecule has 0 aromatic rings. The minimum absolute atomic E-state index is 0.135. The number of hydrogen-bond acceptors (Lipinski definition) is 4. The molecular weight excluding hydrogens is 304 g/mol. The lowest BCUT2D eigenvalue weighted by atomic mass is 9.90. The molecule has 0 radical (unpaired) electrons. The van der Waals surface area contributed by atoms with Gasteiger partial charge in [0.2, 0.25) is 0 Å². The van der Waals surface area contributed by atoms with Crippen LogP contribution < -0.4 is 0 Å². The molecule has 2 aliphatic rings. The van der Waals surface area contributed by atoms with Gasteiger partial charge in [0.05, 0.1) is 6.10 Å². The number of rotatable bonds is 4. The molecule has 1 unspecified atom stereocenters. The van der Waals surface area contributed by atoms with Crippen LogP contribution >= 0.6 is 0 Å². The number of hydrogen-bond donors (Lipinski definition) is 1. The Hall–Kier alpha value is -1.42. The fourth-order valence-corrected chi connectivity index (χ4v) is 3.52. The van der Waals surface area contributed by atoms with Crippen molar-refractivity contribution in [3.63, 3.8) is 0 Å². The summed E-state index contributed by atoms with van der Waals surface area (Å²) in [6.07, 6.45) is 13.9. The van der Waals surface area contributed by atoms with E-state index in [4.69, 9.17) is 4.74 Å². The minimum Gasteiger partial charge on any atom is -0.458 e. The number of ether oxygens (including phenoxy) is 1. The van der Waals surface area contributed by atoms with Crippen LogP contribution in [0.2, 0.25) is 0 Å². The van der Waals surface area contributed by atoms with Crippen molar-refractivity contribution in [2.75, 3.05) is 0 Å². The van der Waals surface area contributed by atoms with Crippen LogP contribution in [0.1, 0.15) is 64.7 Å². The van der Waals surface area contributed by atoms with Crippen molar-refractivity contribution in [3.8, 4) is 0 Å². The second-order valence-corrected chi connectivity index (χ2v) is 6.93. The standard InChI is InChI=1S/C20H30O4/c1-2-3-6-9-15-12-13-17-16(18(21)14-19(17)22)10-7-4-5-8-11-20(23)24-15/h4,7,12-13,15-17,19,22H,2-3,5-6,8-11,14H2,1H3/b7-4-,13-12+/t15-,16+,17?,19+/m0/s1. The highest BCUT2D eigenvalue weighted by atomic mass is 16.5. The molecule has 4 nitrogen and oxygen atoms in total. The highest BCUT2D eigenvalue weighted by Crippen LogP contribution is 2.33. The maximum absolute atomic E-state index is 12.1. The molecule has 1 fully saturated rings. The Morgan fingerprint density at radius 3 is 2.83 bits per heavy atom. The van der Waals surface area contributed by atoms with Crippen molar-refractivity contribution in [2.45, 2.75) is 76.9 Å². The molecule has 0 aromatic carbocycles. The van der Waals surface area contributed by atoms with E-state index in [1.54, 1.807) is 0 Å². The maximum Gasteiger partial charge on any atom is 0.306 e. The van der Waals surface area contributed by atoms with Gasteiger partial charge in [0.1, 0.15) is 11.9 Å². The zero-order chi connectivity index (χ0) is 17.4. The van der Waals surface area contributed by atoms with Gasteiger partial charge in [-0.3, -0.25) is 9.59 Å².